The molecule has 1 heterocycles. The Morgan fingerprint density at radius 2 is 1.75 bits per heavy atom. The van der Waals surface area contributed by atoms with Crippen LogP contribution in [0.25, 0.3) is 0 Å². The normalized spacial score (nSPS) is 15.4. The fourth-order valence-corrected chi connectivity index (χ4v) is 2.68. The van der Waals surface area contributed by atoms with E-state index in [1.54, 1.807) is 0 Å². The van der Waals surface area contributed by atoms with Gasteiger partial charge in [-0.25, -0.2) is 0 Å². The van der Waals surface area contributed by atoms with Crippen LogP contribution < -0.4 is 15.5 Å². The fourth-order valence-electron chi connectivity index (χ4n) is 2.68. The maximum atomic E-state index is 11.9. The van der Waals surface area contributed by atoms with Crippen molar-refractivity contribution in [3.63, 3.8) is 0 Å². The van der Waals surface area contributed by atoms with Gasteiger partial charge in [0.15, 0.2) is 0 Å². The lowest BCUT2D eigenvalue weighted by Crippen LogP contribution is -2.38. The molecule has 0 spiro atoms. The predicted octanol–water partition coefficient (Wildman–Crippen LogP) is 1.54. The van der Waals surface area contributed by atoms with Crippen LogP contribution in [0, 0.1) is 5.92 Å². The third kappa shape index (κ3) is 5.53. The van der Waals surface area contributed by atoms with Crippen molar-refractivity contribution in [2.24, 2.45) is 5.92 Å². The molecule has 0 aromatic heterocycles. The van der Waals surface area contributed by atoms with Crippen LogP contribution in [0.3, 0.4) is 0 Å². The summed E-state index contributed by atoms with van der Waals surface area (Å²) in [7, 11) is 3.83. The Hall–Kier alpha value is -2.08. The molecule has 2 rings (SSSR count). The second-order valence-electron chi connectivity index (χ2n) is 6.73. The topological polar surface area (TPSA) is 64.7 Å². The first-order valence-electron chi connectivity index (χ1n) is 8.54. The fraction of sp³-hybridized carbons (Fsp3) is 0.556. The van der Waals surface area contributed by atoms with E-state index < -0.39 is 11.8 Å². The summed E-state index contributed by atoms with van der Waals surface area (Å²) in [5.41, 5.74) is 1.80. The molecule has 0 saturated carbocycles. The van der Waals surface area contributed by atoms with Gasteiger partial charge in [-0.3, -0.25) is 9.59 Å². The van der Waals surface area contributed by atoms with E-state index in [-0.39, 0.29) is 0 Å². The van der Waals surface area contributed by atoms with Crippen molar-refractivity contribution in [3.8, 4) is 0 Å². The number of nitrogens with one attached hydrogen (secondary N) is 2. The van der Waals surface area contributed by atoms with E-state index in [9.17, 15) is 9.59 Å². The summed E-state index contributed by atoms with van der Waals surface area (Å²) in [6, 6.07) is 7.68. The van der Waals surface area contributed by atoms with Crippen molar-refractivity contribution in [1.82, 2.24) is 10.2 Å². The smallest absolute Gasteiger partial charge is 0.313 e. The number of nitrogens with zero attached hydrogens (tertiary/aromatic N) is 2. The van der Waals surface area contributed by atoms with E-state index in [2.05, 4.69) is 22.5 Å². The minimum atomic E-state index is -0.631. The number of amides is 2. The molecule has 1 saturated heterocycles. The molecule has 1 aromatic rings. The largest absolute Gasteiger partial charge is 0.372 e. The first kappa shape index (κ1) is 18.3. The van der Waals surface area contributed by atoms with E-state index in [1.165, 1.54) is 12.8 Å². The summed E-state index contributed by atoms with van der Waals surface area (Å²) < 4.78 is 0. The monoisotopic (exact) mass is 332 g/mol. The molecule has 2 amide bonds. The predicted molar refractivity (Wildman–Crippen MR) is 97.2 cm³/mol. The summed E-state index contributed by atoms with van der Waals surface area (Å²) in [4.78, 5) is 27.9. The van der Waals surface area contributed by atoms with Crippen molar-refractivity contribution in [1.29, 1.82) is 0 Å². The third-order valence-corrected chi connectivity index (χ3v) is 4.32. The lowest BCUT2D eigenvalue weighted by molar-refractivity contribution is -0.136. The molecule has 1 aromatic carbocycles. The number of hydrogen-bond donors (Lipinski definition) is 2. The van der Waals surface area contributed by atoms with Crippen LogP contribution in [-0.2, 0) is 9.59 Å². The van der Waals surface area contributed by atoms with Crippen LogP contribution >= 0.6 is 0 Å². The highest BCUT2D eigenvalue weighted by atomic mass is 16.2. The molecule has 24 heavy (non-hydrogen) atoms. The summed E-state index contributed by atoms with van der Waals surface area (Å²) in [5, 5.41) is 5.23. The number of benzene rings is 1. The van der Waals surface area contributed by atoms with Crippen LogP contribution in [0.2, 0.25) is 0 Å². The third-order valence-electron chi connectivity index (χ3n) is 4.32. The molecule has 1 aliphatic heterocycles. The number of hydrogen-bond acceptors (Lipinski definition) is 4. The van der Waals surface area contributed by atoms with Gasteiger partial charge in [-0.05, 0) is 57.1 Å². The Kier molecular flexibility index (Phi) is 6.61. The first-order valence-corrected chi connectivity index (χ1v) is 8.54. The number of carbonyl (C=O) groups is 2. The Bertz CT molecular complexity index is 549. The second kappa shape index (κ2) is 8.68. The van der Waals surface area contributed by atoms with Crippen LogP contribution in [-0.4, -0.2) is 57.0 Å². The SMILES string of the molecule is CC1CCN(c2ccc(NC(=O)C(=O)NCCN(C)C)cc2)CC1. The molecule has 6 nitrogen and oxygen atoms in total. The lowest BCUT2D eigenvalue weighted by atomic mass is 9.99. The van der Waals surface area contributed by atoms with Crippen molar-refractivity contribution in [2.75, 3.05) is 50.5 Å². The second-order valence-corrected chi connectivity index (χ2v) is 6.73. The van der Waals surface area contributed by atoms with Gasteiger partial charge in [-0.1, -0.05) is 6.92 Å². The van der Waals surface area contributed by atoms with Crippen molar-refractivity contribution < 1.29 is 9.59 Å². The Morgan fingerprint density at radius 3 is 2.33 bits per heavy atom. The molecule has 132 valence electrons. The summed E-state index contributed by atoms with van der Waals surface area (Å²) in [6.07, 6.45) is 2.43. The first-order chi connectivity index (χ1) is 11.5. The minimum absolute atomic E-state index is 0.450. The highest BCUT2D eigenvalue weighted by molar-refractivity contribution is 6.39. The zero-order chi connectivity index (χ0) is 17.5. The van der Waals surface area contributed by atoms with E-state index in [1.807, 2.05) is 43.3 Å². The number of piperidine rings is 1. The molecule has 0 atom stereocenters. The van der Waals surface area contributed by atoms with Gasteiger partial charge < -0.3 is 20.4 Å². The van der Waals surface area contributed by atoms with E-state index in [4.69, 9.17) is 0 Å². The van der Waals surface area contributed by atoms with Gasteiger partial charge in [0.1, 0.15) is 0 Å². The zero-order valence-electron chi connectivity index (χ0n) is 14.8. The van der Waals surface area contributed by atoms with Crippen LogP contribution in [0.15, 0.2) is 24.3 Å². The van der Waals surface area contributed by atoms with Gasteiger partial charge >= 0.3 is 11.8 Å². The summed E-state index contributed by atoms with van der Waals surface area (Å²) in [6.45, 7) is 5.58. The van der Waals surface area contributed by atoms with E-state index in [0.717, 1.165) is 24.7 Å². The number of likely N-dealkylation sites (N-methyl/N-ethyl adjacent to an activating group) is 1. The Labute approximate surface area is 144 Å². The van der Waals surface area contributed by atoms with E-state index in [0.29, 0.717) is 18.8 Å². The Balaban J connectivity index is 1.82. The number of anilines is 2. The van der Waals surface area contributed by atoms with Crippen LogP contribution in [0.4, 0.5) is 11.4 Å². The summed E-state index contributed by atoms with van der Waals surface area (Å²) in [5.74, 6) is -0.440. The highest BCUT2D eigenvalue weighted by Gasteiger charge is 2.16. The van der Waals surface area contributed by atoms with Crippen molar-refractivity contribution in [3.05, 3.63) is 24.3 Å². The van der Waals surface area contributed by atoms with E-state index >= 15 is 0 Å². The molecular weight excluding hydrogens is 304 g/mol. The lowest BCUT2D eigenvalue weighted by Gasteiger charge is -2.32. The highest BCUT2D eigenvalue weighted by Crippen LogP contribution is 2.24. The molecule has 0 radical (unpaired) electrons. The average molecular weight is 332 g/mol. The number of rotatable bonds is 5. The molecular formula is C18H28N4O2. The van der Waals surface area contributed by atoms with Gasteiger partial charge in [-0.2, -0.15) is 0 Å². The molecule has 0 bridgehead atoms. The molecule has 6 heteroatoms. The van der Waals surface area contributed by atoms with Crippen molar-refractivity contribution in [2.45, 2.75) is 19.8 Å². The zero-order valence-corrected chi connectivity index (χ0v) is 14.8. The molecule has 1 aliphatic rings. The molecule has 0 unspecified atom stereocenters. The molecule has 1 fully saturated rings. The maximum Gasteiger partial charge on any atom is 0.313 e. The van der Waals surface area contributed by atoms with Gasteiger partial charge in [0.25, 0.3) is 0 Å². The molecule has 0 aliphatic carbocycles. The van der Waals surface area contributed by atoms with Crippen LogP contribution in [0.5, 0.6) is 0 Å². The minimum Gasteiger partial charge on any atom is -0.372 e. The quantitative estimate of drug-likeness (QED) is 0.803. The van der Waals surface area contributed by atoms with Gasteiger partial charge in [0.05, 0.1) is 0 Å². The van der Waals surface area contributed by atoms with Gasteiger partial charge in [0, 0.05) is 37.6 Å². The molecule has 2 N–H and O–H groups in total. The van der Waals surface area contributed by atoms with Crippen LogP contribution in [0.1, 0.15) is 19.8 Å². The number of carbonyl (C=O) groups excluding carboxylic acids is 2. The average Bonchev–Trinajstić information content (AvgIpc) is 2.56. The maximum absolute atomic E-state index is 11.9. The standard InChI is InChI=1S/C18H28N4O2/c1-14-8-11-22(12-9-14)16-6-4-15(5-7-16)20-18(24)17(23)19-10-13-21(2)3/h4-7,14H,8-13H2,1-3H3,(H,19,23)(H,20,24). The van der Waals surface area contributed by atoms with Crippen molar-refractivity contribution >= 4 is 23.2 Å². The van der Waals surface area contributed by atoms with Gasteiger partial charge in [-0.15, -0.1) is 0 Å². The van der Waals surface area contributed by atoms with Gasteiger partial charge in [0.2, 0.25) is 0 Å². The summed E-state index contributed by atoms with van der Waals surface area (Å²) >= 11 is 0. The Morgan fingerprint density at radius 1 is 1.12 bits per heavy atom.